The van der Waals surface area contributed by atoms with Crippen LogP contribution in [0.15, 0.2) is 48.5 Å². The summed E-state index contributed by atoms with van der Waals surface area (Å²) < 4.78 is 5.97. The molecule has 172 valence electrons. The topological polar surface area (TPSA) is 41.6 Å². The van der Waals surface area contributed by atoms with E-state index in [0.29, 0.717) is 6.61 Å². The van der Waals surface area contributed by atoms with Gasteiger partial charge in [0, 0.05) is 18.8 Å². The van der Waals surface area contributed by atoms with Gasteiger partial charge in [0.2, 0.25) is 5.91 Å². The number of rotatable bonds is 7. The van der Waals surface area contributed by atoms with Crippen molar-refractivity contribution in [2.45, 2.75) is 64.2 Å². The van der Waals surface area contributed by atoms with Crippen LogP contribution >= 0.6 is 0 Å². The number of anilines is 1. The van der Waals surface area contributed by atoms with Crippen molar-refractivity contribution in [3.05, 3.63) is 59.7 Å². The Morgan fingerprint density at radius 1 is 1.09 bits per heavy atom. The third-order valence-corrected chi connectivity index (χ3v) is 7.24. The smallest absolute Gasteiger partial charge is 0.235 e. The molecule has 2 aliphatic rings. The predicted octanol–water partition coefficient (Wildman–Crippen LogP) is 5.95. The third-order valence-electron chi connectivity index (χ3n) is 7.24. The van der Waals surface area contributed by atoms with Crippen LogP contribution in [0.5, 0.6) is 5.75 Å². The van der Waals surface area contributed by atoms with Crippen molar-refractivity contribution in [1.82, 2.24) is 4.90 Å². The first kappa shape index (κ1) is 22.8. The van der Waals surface area contributed by atoms with Crippen LogP contribution in [-0.4, -0.2) is 37.0 Å². The fraction of sp³-hybridized carbons (Fsp3) is 0.536. The quantitative estimate of drug-likeness (QED) is 0.586. The van der Waals surface area contributed by atoms with Gasteiger partial charge in [-0.2, -0.15) is 0 Å². The molecule has 1 atom stereocenters. The van der Waals surface area contributed by atoms with Crippen molar-refractivity contribution in [2.24, 2.45) is 5.92 Å². The lowest BCUT2D eigenvalue weighted by Crippen LogP contribution is -2.42. The Kier molecular flexibility index (Phi) is 7.51. The van der Waals surface area contributed by atoms with E-state index < -0.39 is 5.41 Å². The van der Waals surface area contributed by atoms with Gasteiger partial charge in [-0.15, -0.1) is 0 Å². The molecule has 1 aliphatic heterocycles. The molecule has 1 saturated heterocycles. The molecular formula is C28H38N2O2. The Balaban J connectivity index is 1.36. The van der Waals surface area contributed by atoms with Gasteiger partial charge in [-0.3, -0.25) is 9.69 Å². The molecule has 1 amide bonds. The Bertz CT molecular complexity index is 887. The van der Waals surface area contributed by atoms with E-state index in [1.165, 1.54) is 37.9 Å². The first-order chi connectivity index (χ1) is 15.5. The van der Waals surface area contributed by atoms with Crippen LogP contribution < -0.4 is 10.1 Å². The van der Waals surface area contributed by atoms with Crippen molar-refractivity contribution >= 4 is 11.6 Å². The van der Waals surface area contributed by atoms with E-state index in [-0.39, 0.29) is 5.91 Å². The van der Waals surface area contributed by atoms with E-state index in [9.17, 15) is 4.79 Å². The third kappa shape index (κ3) is 5.53. The molecule has 0 spiro atoms. The zero-order valence-electron chi connectivity index (χ0n) is 19.7. The lowest BCUT2D eigenvalue weighted by Gasteiger charge is -2.36. The highest BCUT2D eigenvalue weighted by atomic mass is 16.5. The molecular weight excluding hydrogens is 396 g/mol. The number of carbonyl (C=O) groups excluding carboxylic acids is 1. The predicted molar refractivity (Wildman–Crippen MR) is 131 cm³/mol. The normalized spacial score (nSPS) is 21.1. The molecule has 0 unspecified atom stereocenters. The van der Waals surface area contributed by atoms with Gasteiger partial charge in [0.05, 0.1) is 5.41 Å². The summed E-state index contributed by atoms with van der Waals surface area (Å²) >= 11 is 0. The van der Waals surface area contributed by atoms with Gasteiger partial charge in [0.25, 0.3) is 0 Å². The lowest BCUT2D eigenvalue weighted by molar-refractivity contribution is -0.122. The number of aryl methyl sites for hydroxylation is 1. The zero-order valence-corrected chi connectivity index (χ0v) is 19.7. The molecule has 2 fully saturated rings. The Labute approximate surface area is 193 Å². The summed E-state index contributed by atoms with van der Waals surface area (Å²) in [7, 11) is 0. The Morgan fingerprint density at radius 2 is 1.88 bits per heavy atom. The average molecular weight is 435 g/mol. The number of piperidine rings is 1. The second-order valence-electron chi connectivity index (χ2n) is 9.89. The lowest BCUT2D eigenvalue weighted by atomic mass is 9.68. The molecule has 0 bridgehead atoms. The van der Waals surface area contributed by atoms with E-state index in [4.69, 9.17) is 4.74 Å². The van der Waals surface area contributed by atoms with Gasteiger partial charge in [0.1, 0.15) is 12.4 Å². The van der Waals surface area contributed by atoms with Gasteiger partial charge in [-0.05, 0) is 74.9 Å². The first-order valence-corrected chi connectivity index (χ1v) is 12.4. The minimum absolute atomic E-state index is 0.121. The molecule has 32 heavy (non-hydrogen) atoms. The number of nitrogens with one attached hydrogen (secondary N) is 1. The van der Waals surface area contributed by atoms with Crippen LogP contribution in [-0.2, 0) is 10.2 Å². The van der Waals surface area contributed by atoms with E-state index in [1.54, 1.807) is 0 Å². The molecule has 4 nitrogen and oxygen atoms in total. The number of likely N-dealkylation sites (tertiary alicyclic amines) is 1. The zero-order chi connectivity index (χ0) is 22.4. The summed E-state index contributed by atoms with van der Waals surface area (Å²) in [6.45, 7) is 8.47. The van der Waals surface area contributed by atoms with E-state index in [2.05, 4.69) is 48.3 Å². The number of carbonyl (C=O) groups is 1. The van der Waals surface area contributed by atoms with Gasteiger partial charge in [-0.25, -0.2) is 0 Å². The maximum absolute atomic E-state index is 13.5. The molecule has 1 N–H and O–H groups in total. The van der Waals surface area contributed by atoms with Gasteiger partial charge in [0.15, 0.2) is 0 Å². The molecule has 4 heteroatoms. The van der Waals surface area contributed by atoms with Crippen LogP contribution in [0.2, 0.25) is 0 Å². The van der Waals surface area contributed by atoms with Crippen molar-refractivity contribution < 1.29 is 9.53 Å². The van der Waals surface area contributed by atoms with Crippen LogP contribution in [0.3, 0.4) is 0 Å². The van der Waals surface area contributed by atoms with Gasteiger partial charge < -0.3 is 10.1 Å². The van der Waals surface area contributed by atoms with Crippen molar-refractivity contribution in [3.8, 4) is 5.75 Å². The molecule has 1 saturated carbocycles. The number of nitrogens with zero attached hydrogens (tertiary/aromatic N) is 1. The van der Waals surface area contributed by atoms with Gasteiger partial charge in [-0.1, -0.05) is 56.0 Å². The molecule has 1 heterocycles. The molecule has 1 aliphatic carbocycles. The summed E-state index contributed by atoms with van der Waals surface area (Å²) in [6, 6.07) is 16.3. The molecule has 2 aromatic rings. The van der Waals surface area contributed by atoms with E-state index >= 15 is 0 Å². The van der Waals surface area contributed by atoms with E-state index in [0.717, 1.165) is 55.1 Å². The summed E-state index contributed by atoms with van der Waals surface area (Å²) in [6.07, 6.45) is 7.88. The second-order valence-corrected chi connectivity index (χ2v) is 9.89. The fourth-order valence-electron chi connectivity index (χ4n) is 5.41. The molecule has 0 radical (unpaired) electrons. The highest BCUT2D eigenvalue weighted by Crippen LogP contribution is 2.40. The maximum Gasteiger partial charge on any atom is 0.235 e. The minimum Gasteiger partial charge on any atom is -0.492 e. The Morgan fingerprint density at radius 3 is 2.59 bits per heavy atom. The van der Waals surface area contributed by atoms with Crippen LogP contribution in [0.1, 0.15) is 63.0 Å². The molecule has 0 aromatic heterocycles. The number of hydrogen-bond acceptors (Lipinski definition) is 3. The number of hydrogen-bond donors (Lipinski definition) is 1. The monoisotopic (exact) mass is 434 g/mol. The number of amides is 1. The molecule has 2 aromatic carbocycles. The summed E-state index contributed by atoms with van der Waals surface area (Å²) in [5, 5.41) is 3.21. The standard InChI is InChI=1S/C28H38N2O2/c1-22-8-6-10-24(20-22)28(15-4-3-5-16-28)27(31)29-25-11-13-26(14-12-25)32-19-18-30-17-7-9-23(2)21-30/h6,8,10-14,20,23H,3-5,7,9,15-19,21H2,1-2H3,(H,29,31)/t23-/m1/s1. The molecule has 4 rings (SSSR count). The highest BCUT2D eigenvalue weighted by Gasteiger charge is 2.41. The summed E-state index contributed by atoms with van der Waals surface area (Å²) in [4.78, 5) is 16.0. The van der Waals surface area contributed by atoms with E-state index in [1.807, 2.05) is 24.3 Å². The van der Waals surface area contributed by atoms with Crippen molar-refractivity contribution in [1.29, 1.82) is 0 Å². The first-order valence-electron chi connectivity index (χ1n) is 12.4. The number of benzene rings is 2. The second kappa shape index (κ2) is 10.5. The minimum atomic E-state index is -0.426. The largest absolute Gasteiger partial charge is 0.492 e. The average Bonchev–Trinajstić information content (AvgIpc) is 2.81. The van der Waals surface area contributed by atoms with Crippen LogP contribution in [0, 0.1) is 12.8 Å². The summed E-state index contributed by atoms with van der Waals surface area (Å²) in [5.41, 5.74) is 2.78. The van der Waals surface area contributed by atoms with Crippen molar-refractivity contribution in [3.63, 3.8) is 0 Å². The van der Waals surface area contributed by atoms with Gasteiger partial charge >= 0.3 is 0 Å². The van der Waals surface area contributed by atoms with Crippen LogP contribution in [0.25, 0.3) is 0 Å². The van der Waals surface area contributed by atoms with Crippen LogP contribution in [0.4, 0.5) is 5.69 Å². The maximum atomic E-state index is 13.5. The highest BCUT2D eigenvalue weighted by molar-refractivity contribution is 5.99. The fourth-order valence-corrected chi connectivity index (χ4v) is 5.41. The summed E-state index contributed by atoms with van der Waals surface area (Å²) in [5.74, 6) is 1.77. The Hall–Kier alpha value is -2.33. The SMILES string of the molecule is Cc1cccc(C2(C(=O)Nc3ccc(OCCN4CCC[C@@H](C)C4)cc3)CCCCC2)c1. The number of ether oxygens (including phenoxy) is 1. The van der Waals surface area contributed by atoms with Crippen molar-refractivity contribution in [2.75, 3.05) is 31.6 Å².